The van der Waals surface area contributed by atoms with Crippen LogP contribution in [-0.4, -0.2) is 54.0 Å². The molecule has 26 heavy (non-hydrogen) atoms. The Bertz CT molecular complexity index is 732. The molecule has 3 heterocycles. The molecule has 0 spiro atoms. The fraction of sp³-hybridized carbons (Fsp3) is 0.500. The number of likely N-dealkylation sites (tertiary alicyclic amines) is 1. The molecule has 4 rings (SSSR count). The molecule has 1 aromatic carbocycles. The topological polar surface area (TPSA) is 49.9 Å². The molecule has 2 saturated heterocycles. The first-order chi connectivity index (χ1) is 12.6. The summed E-state index contributed by atoms with van der Waals surface area (Å²) < 4.78 is 19.0. The van der Waals surface area contributed by atoms with E-state index in [1.54, 1.807) is 12.1 Å². The minimum Gasteiger partial charge on any atom is -0.376 e. The molecule has 5 nitrogen and oxygen atoms in total. The third-order valence-corrected chi connectivity index (χ3v) is 5.36. The lowest BCUT2D eigenvalue weighted by atomic mass is 10.0. The number of benzene rings is 1. The van der Waals surface area contributed by atoms with Gasteiger partial charge in [0.2, 0.25) is 0 Å². The maximum Gasteiger partial charge on any atom is 0.277 e. The van der Waals surface area contributed by atoms with Gasteiger partial charge in [-0.3, -0.25) is 14.5 Å². The molecule has 3 aliphatic rings. The van der Waals surface area contributed by atoms with Crippen LogP contribution in [0.4, 0.5) is 4.39 Å². The van der Waals surface area contributed by atoms with E-state index in [9.17, 15) is 14.0 Å². The fourth-order valence-electron chi connectivity index (χ4n) is 4.01. The molecule has 6 heteroatoms. The maximum atomic E-state index is 13.3. The van der Waals surface area contributed by atoms with Gasteiger partial charge in [-0.2, -0.15) is 0 Å². The van der Waals surface area contributed by atoms with E-state index in [0.29, 0.717) is 30.0 Å². The van der Waals surface area contributed by atoms with Gasteiger partial charge in [-0.1, -0.05) is 12.1 Å². The fourth-order valence-corrected chi connectivity index (χ4v) is 4.01. The Balaban J connectivity index is 1.70. The maximum absolute atomic E-state index is 13.3. The van der Waals surface area contributed by atoms with Crippen molar-refractivity contribution in [3.8, 4) is 0 Å². The van der Waals surface area contributed by atoms with Gasteiger partial charge in [0.25, 0.3) is 11.8 Å². The first kappa shape index (κ1) is 17.2. The molecule has 1 unspecified atom stereocenters. The van der Waals surface area contributed by atoms with Crippen molar-refractivity contribution in [1.29, 1.82) is 0 Å². The quantitative estimate of drug-likeness (QED) is 0.777. The Morgan fingerprint density at radius 3 is 2.38 bits per heavy atom. The van der Waals surface area contributed by atoms with Gasteiger partial charge in [-0.25, -0.2) is 4.39 Å². The van der Waals surface area contributed by atoms with Gasteiger partial charge < -0.3 is 9.64 Å². The lowest BCUT2D eigenvalue weighted by Crippen LogP contribution is -2.40. The molecule has 2 amide bonds. The molecule has 0 N–H and O–H groups in total. The van der Waals surface area contributed by atoms with E-state index in [0.717, 1.165) is 45.2 Å². The molecule has 0 aliphatic carbocycles. The molecule has 1 aromatic rings. The van der Waals surface area contributed by atoms with E-state index in [2.05, 4.69) is 0 Å². The largest absolute Gasteiger partial charge is 0.376 e. The van der Waals surface area contributed by atoms with E-state index in [1.807, 2.05) is 4.90 Å². The molecule has 1 atom stereocenters. The number of carbonyl (C=O) groups is 2. The summed E-state index contributed by atoms with van der Waals surface area (Å²) in [5.41, 5.74) is 1.47. The number of amides is 2. The molecule has 3 aliphatic heterocycles. The summed E-state index contributed by atoms with van der Waals surface area (Å²) in [7, 11) is 0. The predicted molar refractivity (Wildman–Crippen MR) is 94.4 cm³/mol. The summed E-state index contributed by atoms with van der Waals surface area (Å²) >= 11 is 0. The van der Waals surface area contributed by atoms with E-state index < -0.39 is 0 Å². The van der Waals surface area contributed by atoms with Crippen LogP contribution in [0, 0.1) is 5.82 Å². The third kappa shape index (κ3) is 3.14. The summed E-state index contributed by atoms with van der Waals surface area (Å²) in [6, 6.07) is 5.82. The number of imide groups is 1. The normalized spacial score (nSPS) is 24.1. The lowest BCUT2D eigenvalue weighted by molar-refractivity contribution is -0.139. The van der Waals surface area contributed by atoms with E-state index in [-0.39, 0.29) is 23.7 Å². The van der Waals surface area contributed by atoms with Crippen molar-refractivity contribution >= 4 is 17.4 Å². The van der Waals surface area contributed by atoms with Gasteiger partial charge in [-0.15, -0.1) is 0 Å². The van der Waals surface area contributed by atoms with Gasteiger partial charge in [0.1, 0.15) is 11.5 Å². The van der Waals surface area contributed by atoms with Crippen LogP contribution in [0.25, 0.3) is 5.57 Å². The smallest absolute Gasteiger partial charge is 0.277 e. The summed E-state index contributed by atoms with van der Waals surface area (Å²) in [5.74, 6) is -0.897. The molecule has 0 saturated carbocycles. The highest BCUT2D eigenvalue weighted by Crippen LogP contribution is 2.34. The zero-order valence-electron chi connectivity index (χ0n) is 14.7. The average Bonchev–Trinajstić information content (AvgIpc) is 3.25. The Kier molecular flexibility index (Phi) is 4.76. The highest BCUT2D eigenvalue weighted by Gasteiger charge is 2.42. The van der Waals surface area contributed by atoms with Crippen molar-refractivity contribution in [2.24, 2.45) is 0 Å². The number of hydrogen-bond acceptors (Lipinski definition) is 4. The molecule has 2 fully saturated rings. The number of hydrogen-bond donors (Lipinski definition) is 0. The minimum atomic E-state index is -0.359. The van der Waals surface area contributed by atoms with E-state index >= 15 is 0 Å². The highest BCUT2D eigenvalue weighted by molar-refractivity contribution is 6.35. The van der Waals surface area contributed by atoms with Crippen molar-refractivity contribution in [2.45, 2.75) is 38.2 Å². The summed E-state index contributed by atoms with van der Waals surface area (Å²) in [4.78, 5) is 29.6. The number of nitrogens with zero attached hydrogens (tertiary/aromatic N) is 2. The number of carbonyl (C=O) groups excluding carboxylic acids is 2. The highest BCUT2D eigenvalue weighted by atomic mass is 19.1. The van der Waals surface area contributed by atoms with Gasteiger partial charge >= 0.3 is 0 Å². The Hall–Kier alpha value is -2.21. The summed E-state index contributed by atoms with van der Waals surface area (Å²) in [6.07, 6.45) is 4.89. The van der Waals surface area contributed by atoms with Crippen molar-refractivity contribution in [1.82, 2.24) is 9.80 Å². The monoisotopic (exact) mass is 358 g/mol. The van der Waals surface area contributed by atoms with E-state index in [4.69, 9.17) is 4.74 Å². The summed E-state index contributed by atoms with van der Waals surface area (Å²) in [6.45, 7) is 2.51. The van der Waals surface area contributed by atoms with Crippen LogP contribution in [0.2, 0.25) is 0 Å². The Labute approximate surface area is 152 Å². The van der Waals surface area contributed by atoms with Crippen molar-refractivity contribution in [3.63, 3.8) is 0 Å². The van der Waals surface area contributed by atoms with Crippen molar-refractivity contribution in [3.05, 3.63) is 41.3 Å². The number of piperidine rings is 1. The van der Waals surface area contributed by atoms with Crippen LogP contribution in [0.3, 0.4) is 0 Å². The predicted octanol–water partition coefficient (Wildman–Crippen LogP) is 2.57. The number of ether oxygens (including phenoxy) is 1. The Morgan fingerprint density at radius 1 is 1.00 bits per heavy atom. The second-order valence-electron chi connectivity index (χ2n) is 7.13. The van der Waals surface area contributed by atoms with Crippen molar-refractivity contribution in [2.75, 3.05) is 26.2 Å². The minimum absolute atomic E-state index is 0.0851. The van der Waals surface area contributed by atoms with Crippen LogP contribution < -0.4 is 0 Å². The molecule has 0 bridgehead atoms. The van der Waals surface area contributed by atoms with Crippen LogP contribution in [-0.2, 0) is 14.3 Å². The van der Waals surface area contributed by atoms with E-state index in [1.165, 1.54) is 17.0 Å². The van der Waals surface area contributed by atoms with Gasteiger partial charge in [0.15, 0.2) is 0 Å². The number of halogens is 1. The van der Waals surface area contributed by atoms with Crippen molar-refractivity contribution < 1.29 is 18.7 Å². The lowest BCUT2D eigenvalue weighted by Gasteiger charge is -2.30. The molecular formula is C20H23FN2O3. The third-order valence-electron chi connectivity index (χ3n) is 5.36. The average molecular weight is 358 g/mol. The van der Waals surface area contributed by atoms with Gasteiger partial charge in [0, 0.05) is 19.7 Å². The Morgan fingerprint density at radius 2 is 1.73 bits per heavy atom. The second-order valence-corrected chi connectivity index (χ2v) is 7.13. The molecule has 138 valence electrons. The SMILES string of the molecule is O=C1C(c2ccc(F)cc2)=C(N2CCCCC2)C(=O)N1CC1CCCO1. The molecule has 0 aromatic heterocycles. The zero-order chi connectivity index (χ0) is 18.1. The van der Waals surface area contributed by atoms with Gasteiger partial charge in [0.05, 0.1) is 18.2 Å². The second kappa shape index (κ2) is 7.19. The van der Waals surface area contributed by atoms with Gasteiger partial charge in [-0.05, 0) is 49.8 Å². The van der Waals surface area contributed by atoms with Crippen LogP contribution >= 0.6 is 0 Å². The van der Waals surface area contributed by atoms with Crippen LogP contribution in [0.15, 0.2) is 30.0 Å². The molecular weight excluding hydrogens is 335 g/mol. The first-order valence-corrected chi connectivity index (χ1v) is 9.38. The van der Waals surface area contributed by atoms with Crippen LogP contribution in [0.1, 0.15) is 37.7 Å². The summed E-state index contributed by atoms with van der Waals surface area (Å²) in [5, 5.41) is 0. The standard InChI is InChI=1S/C20H23FN2O3/c21-15-8-6-14(7-9-15)17-18(22-10-2-1-3-11-22)20(25)23(19(17)24)13-16-5-4-12-26-16/h6-9,16H,1-5,10-13H2. The van der Waals surface area contributed by atoms with Crippen LogP contribution in [0.5, 0.6) is 0 Å². The molecule has 0 radical (unpaired) electrons. The first-order valence-electron chi connectivity index (χ1n) is 9.38. The zero-order valence-corrected chi connectivity index (χ0v) is 14.7. The number of rotatable bonds is 4.